The topological polar surface area (TPSA) is 35.2 Å². The van der Waals surface area contributed by atoms with E-state index in [2.05, 4.69) is 6.92 Å². The van der Waals surface area contributed by atoms with Gasteiger partial charge in [0.05, 0.1) is 5.60 Å². The Labute approximate surface area is 83.8 Å². The monoisotopic (exact) mass is 207 g/mol. The highest BCUT2D eigenvalue weighted by Gasteiger charge is 2.35. The molecule has 84 valence electrons. The minimum atomic E-state index is -2.39. The van der Waals surface area contributed by atoms with Gasteiger partial charge in [-0.1, -0.05) is 19.8 Å². The maximum Gasteiger partial charge on any atom is 0.261 e. The molecular weight excluding hydrogens is 188 g/mol. The molecule has 2 unspecified atom stereocenters. The van der Waals surface area contributed by atoms with E-state index in [1.807, 2.05) is 0 Å². The Morgan fingerprint density at radius 3 is 2.79 bits per heavy atom. The summed E-state index contributed by atoms with van der Waals surface area (Å²) in [6.45, 7) is 1.99. The fourth-order valence-corrected chi connectivity index (χ4v) is 2.23. The molecule has 0 amide bonds. The van der Waals surface area contributed by atoms with Crippen LogP contribution >= 0.6 is 0 Å². The number of ether oxygens (including phenoxy) is 1. The molecule has 0 heterocycles. The summed E-state index contributed by atoms with van der Waals surface area (Å²) in [7, 11) is 0. The molecule has 0 spiro atoms. The second kappa shape index (κ2) is 5.03. The highest BCUT2D eigenvalue weighted by molar-refractivity contribution is 4.88. The van der Waals surface area contributed by atoms with Crippen molar-refractivity contribution < 1.29 is 13.5 Å². The SMILES string of the molecule is CC1CCCC(CN)(OCC(F)F)C1. The Bertz CT molecular complexity index is 178. The highest BCUT2D eigenvalue weighted by atomic mass is 19.3. The average Bonchev–Trinajstić information content (AvgIpc) is 2.15. The Hall–Kier alpha value is -0.220. The third-order valence-corrected chi connectivity index (χ3v) is 2.94. The van der Waals surface area contributed by atoms with Crippen molar-refractivity contribution in [3.05, 3.63) is 0 Å². The molecule has 4 heteroatoms. The van der Waals surface area contributed by atoms with E-state index in [4.69, 9.17) is 10.5 Å². The summed E-state index contributed by atoms with van der Waals surface area (Å²) in [5.41, 5.74) is 5.14. The van der Waals surface area contributed by atoms with Crippen LogP contribution in [-0.2, 0) is 4.74 Å². The van der Waals surface area contributed by atoms with Gasteiger partial charge in [-0.25, -0.2) is 8.78 Å². The molecule has 0 radical (unpaired) electrons. The molecule has 1 saturated carbocycles. The molecule has 2 N–H and O–H groups in total. The summed E-state index contributed by atoms with van der Waals surface area (Å²) in [6.07, 6.45) is 1.42. The van der Waals surface area contributed by atoms with Crippen LogP contribution < -0.4 is 5.73 Å². The van der Waals surface area contributed by atoms with Crippen molar-refractivity contribution in [2.45, 2.75) is 44.6 Å². The predicted molar refractivity (Wildman–Crippen MR) is 51.4 cm³/mol. The molecule has 1 aliphatic rings. The Morgan fingerprint density at radius 1 is 1.57 bits per heavy atom. The van der Waals surface area contributed by atoms with Gasteiger partial charge in [0.1, 0.15) is 6.61 Å². The molecule has 0 aromatic carbocycles. The van der Waals surface area contributed by atoms with E-state index < -0.39 is 18.6 Å². The minimum Gasteiger partial charge on any atom is -0.368 e. The van der Waals surface area contributed by atoms with Gasteiger partial charge in [0.15, 0.2) is 0 Å². The van der Waals surface area contributed by atoms with Crippen LogP contribution in [-0.4, -0.2) is 25.2 Å². The van der Waals surface area contributed by atoms with E-state index in [9.17, 15) is 8.78 Å². The number of nitrogens with two attached hydrogens (primary N) is 1. The molecular formula is C10H19F2NO. The Kier molecular flexibility index (Phi) is 4.26. The second-order valence-electron chi connectivity index (χ2n) is 4.29. The molecule has 1 aliphatic carbocycles. The van der Waals surface area contributed by atoms with Crippen molar-refractivity contribution in [3.8, 4) is 0 Å². The number of hydrogen-bond donors (Lipinski definition) is 1. The Balaban J connectivity index is 2.47. The largest absolute Gasteiger partial charge is 0.368 e. The van der Waals surface area contributed by atoms with Crippen LogP contribution in [0.3, 0.4) is 0 Å². The van der Waals surface area contributed by atoms with Crippen LogP contribution in [0.15, 0.2) is 0 Å². The lowest BCUT2D eigenvalue weighted by Crippen LogP contribution is -2.45. The zero-order valence-electron chi connectivity index (χ0n) is 8.64. The van der Waals surface area contributed by atoms with E-state index in [-0.39, 0.29) is 0 Å². The molecule has 0 aliphatic heterocycles. The summed E-state index contributed by atoms with van der Waals surface area (Å²) in [5.74, 6) is 0.532. The van der Waals surface area contributed by atoms with Gasteiger partial charge in [-0.05, 0) is 18.8 Å². The van der Waals surface area contributed by atoms with E-state index in [0.29, 0.717) is 12.5 Å². The molecule has 0 bridgehead atoms. The first-order valence-corrected chi connectivity index (χ1v) is 5.20. The maximum atomic E-state index is 12.0. The smallest absolute Gasteiger partial charge is 0.261 e. The van der Waals surface area contributed by atoms with Gasteiger partial charge in [0, 0.05) is 6.54 Å². The van der Waals surface area contributed by atoms with E-state index >= 15 is 0 Å². The third-order valence-electron chi connectivity index (χ3n) is 2.94. The first kappa shape index (κ1) is 11.9. The normalized spacial score (nSPS) is 33.6. The number of alkyl halides is 2. The van der Waals surface area contributed by atoms with Gasteiger partial charge in [0.2, 0.25) is 0 Å². The molecule has 2 nitrogen and oxygen atoms in total. The molecule has 0 aromatic heterocycles. The first-order chi connectivity index (χ1) is 6.58. The summed E-state index contributed by atoms with van der Waals surface area (Å²) in [6, 6.07) is 0. The van der Waals surface area contributed by atoms with Crippen LogP contribution in [0.5, 0.6) is 0 Å². The summed E-state index contributed by atoms with van der Waals surface area (Å²) in [5, 5.41) is 0. The van der Waals surface area contributed by atoms with Crippen molar-refractivity contribution in [1.82, 2.24) is 0 Å². The van der Waals surface area contributed by atoms with Gasteiger partial charge in [-0.15, -0.1) is 0 Å². The molecule has 14 heavy (non-hydrogen) atoms. The third kappa shape index (κ3) is 3.17. The lowest BCUT2D eigenvalue weighted by atomic mass is 9.79. The molecule has 2 atom stereocenters. The van der Waals surface area contributed by atoms with Gasteiger partial charge in [-0.2, -0.15) is 0 Å². The number of rotatable bonds is 4. The van der Waals surface area contributed by atoms with Crippen molar-refractivity contribution in [3.63, 3.8) is 0 Å². The van der Waals surface area contributed by atoms with Crippen LogP contribution in [0.1, 0.15) is 32.6 Å². The zero-order valence-corrected chi connectivity index (χ0v) is 8.64. The van der Waals surface area contributed by atoms with Crippen LogP contribution in [0.4, 0.5) is 8.78 Å². The van der Waals surface area contributed by atoms with Crippen LogP contribution in [0.25, 0.3) is 0 Å². The fraction of sp³-hybridized carbons (Fsp3) is 1.00. The summed E-state index contributed by atoms with van der Waals surface area (Å²) >= 11 is 0. The summed E-state index contributed by atoms with van der Waals surface area (Å²) in [4.78, 5) is 0. The zero-order chi connectivity index (χ0) is 10.6. The van der Waals surface area contributed by atoms with Crippen molar-refractivity contribution in [2.24, 2.45) is 11.7 Å². The Morgan fingerprint density at radius 2 is 2.29 bits per heavy atom. The van der Waals surface area contributed by atoms with Crippen molar-refractivity contribution in [1.29, 1.82) is 0 Å². The molecule has 0 aromatic rings. The van der Waals surface area contributed by atoms with Crippen LogP contribution in [0, 0.1) is 5.92 Å². The second-order valence-corrected chi connectivity index (χ2v) is 4.29. The molecule has 1 fully saturated rings. The minimum absolute atomic E-state index is 0.351. The lowest BCUT2D eigenvalue weighted by Gasteiger charge is -2.39. The lowest BCUT2D eigenvalue weighted by molar-refractivity contribution is -0.109. The quantitative estimate of drug-likeness (QED) is 0.766. The predicted octanol–water partition coefficient (Wildman–Crippen LogP) is 2.18. The summed E-state index contributed by atoms with van der Waals surface area (Å²) < 4.78 is 29.3. The van der Waals surface area contributed by atoms with Crippen molar-refractivity contribution in [2.75, 3.05) is 13.2 Å². The van der Waals surface area contributed by atoms with Gasteiger partial charge < -0.3 is 10.5 Å². The van der Waals surface area contributed by atoms with Crippen molar-refractivity contribution >= 4 is 0 Å². The van der Waals surface area contributed by atoms with Gasteiger partial charge >= 0.3 is 0 Å². The van der Waals surface area contributed by atoms with Crippen LogP contribution in [0.2, 0.25) is 0 Å². The fourth-order valence-electron chi connectivity index (χ4n) is 2.23. The van der Waals surface area contributed by atoms with Gasteiger partial charge in [0.25, 0.3) is 6.43 Å². The van der Waals surface area contributed by atoms with E-state index in [1.165, 1.54) is 0 Å². The highest BCUT2D eigenvalue weighted by Crippen LogP contribution is 2.34. The van der Waals surface area contributed by atoms with E-state index in [0.717, 1.165) is 25.7 Å². The van der Waals surface area contributed by atoms with Gasteiger partial charge in [-0.3, -0.25) is 0 Å². The standard InChI is InChI=1S/C10H19F2NO/c1-8-3-2-4-10(5-8,7-13)14-6-9(11)12/h8-9H,2-7,13H2,1H3. The van der Waals surface area contributed by atoms with E-state index in [1.54, 1.807) is 0 Å². The number of hydrogen-bond acceptors (Lipinski definition) is 2. The average molecular weight is 207 g/mol. The molecule has 0 saturated heterocycles. The first-order valence-electron chi connectivity index (χ1n) is 5.20. The number of halogens is 2. The maximum absolute atomic E-state index is 12.0. The molecule has 1 rings (SSSR count).